The molecule has 2 atom stereocenters. The summed E-state index contributed by atoms with van der Waals surface area (Å²) in [6.07, 6.45) is 4.11. The first kappa shape index (κ1) is 25.2. The number of carboxylic acid groups (broad SMARTS) is 1. The molecule has 3 aromatic carbocycles. The number of carbonyl (C=O) groups is 1. The number of hydrogen-bond acceptors (Lipinski definition) is 5. The van der Waals surface area contributed by atoms with E-state index in [1.165, 1.54) is 0 Å². The number of nitrogens with zero attached hydrogens (tertiary/aromatic N) is 1. The quantitative estimate of drug-likeness (QED) is 0.366. The number of hydrogen-bond donors (Lipinski definition) is 0. The molecule has 0 aliphatic heterocycles. The zero-order chi connectivity index (χ0) is 23.3. The van der Waals surface area contributed by atoms with Crippen LogP contribution in [0.2, 0.25) is 0 Å². The maximum Gasteiger partial charge on any atom is 1.00 e. The summed E-state index contributed by atoms with van der Waals surface area (Å²) < 4.78 is 11.8. The van der Waals surface area contributed by atoms with Crippen molar-refractivity contribution in [3.8, 4) is 28.3 Å². The fourth-order valence-corrected chi connectivity index (χ4v) is 4.89. The number of carboxylic acids is 1. The van der Waals surface area contributed by atoms with Gasteiger partial charge in [-0.25, -0.2) is 4.98 Å². The SMILES string of the molecule is O=C([O-])COc1cccc(C[C@@H]2CCC[C@@H]2c2nc(-c3ccccc3)c(-c3ccccc3)o2)c1.[Na+]. The van der Waals surface area contributed by atoms with Crippen LogP contribution in [0.4, 0.5) is 0 Å². The Morgan fingerprint density at radius 2 is 1.66 bits per heavy atom. The molecule has 0 unspecified atom stereocenters. The number of ether oxygens (including phenoxy) is 1. The van der Waals surface area contributed by atoms with Crippen molar-refractivity contribution in [2.75, 3.05) is 6.61 Å². The van der Waals surface area contributed by atoms with E-state index in [-0.39, 0.29) is 35.5 Å². The molecule has 1 heterocycles. The Balaban J connectivity index is 0.00000289. The molecule has 35 heavy (non-hydrogen) atoms. The van der Waals surface area contributed by atoms with Gasteiger partial charge < -0.3 is 19.1 Å². The number of rotatable bonds is 8. The standard InChI is InChI=1S/C29H27NO4.Na/c31-26(32)19-33-24-15-7-9-20(18-24)17-23-14-8-16-25(23)29-30-27(21-10-3-1-4-11-21)28(34-29)22-12-5-2-6-13-22;/h1-7,9-13,15,18,23,25H,8,14,16-17,19H2,(H,31,32);/q;+1/p-1/t23-,25-;/m0./s1. The molecule has 1 aromatic heterocycles. The second kappa shape index (κ2) is 11.7. The first-order valence-electron chi connectivity index (χ1n) is 11.7. The number of carbonyl (C=O) groups excluding carboxylic acids is 1. The first-order chi connectivity index (χ1) is 16.7. The van der Waals surface area contributed by atoms with Gasteiger partial charge in [-0.15, -0.1) is 0 Å². The minimum Gasteiger partial charge on any atom is -0.546 e. The smallest absolute Gasteiger partial charge is 0.546 e. The van der Waals surface area contributed by atoms with E-state index in [2.05, 4.69) is 30.3 Å². The molecule has 5 rings (SSSR count). The van der Waals surface area contributed by atoms with Gasteiger partial charge in [-0.3, -0.25) is 0 Å². The van der Waals surface area contributed by atoms with Crippen molar-refractivity contribution >= 4 is 5.97 Å². The van der Waals surface area contributed by atoms with E-state index < -0.39 is 12.6 Å². The molecule has 172 valence electrons. The molecule has 0 N–H and O–H groups in total. The van der Waals surface area contributed by atoms with E-state index in [0.717, 1.165) is 59.7 Å². The minimum absolute atomic E-state index is 0. The molecule has 1 aliphatic carbocycles. The Labute approximate surface area is 227 Å². The predicted octanol–water partition coefficient (Wildman–Crippen LogP) is 2.27. The molecule has 0 amide bonds. The van der Waals surface area contributed by atoms with Crippen LogP contribution in [0.3, 0.4) is 0 Å². The summed E-state index contributed by atoms with van der Waals surface area (Å²) in [5.74, 6) is 1.54. The predicted molar refractivity (Wildman–Crippen MR) is 128 cm³/mol. The van der Waals surface area contributed by atoms with E-state index in [0.29, 0.717) is 11.7 Å². The van der Waals surface area contributed by atoms with Gasteiger partial charge in [-0.05, 0) is 42.9 Å². The maximum absolute atomic E-state index is 10.7. The summed E-state index contributed by atoms with van der Waals surface area (Å²) in [7, 11) is 0. The van der Waals surface area contributed by atoms with Gasteiger partial charge in [0.15, 0.2) is 11.7 Å². The number of aromatic nitrogens is 1. The van der Waals surface area contributed by atoms with Crippen molar-refractivity contribution < 1.29 is 48.6 Å². The van der Waals surface area contributed by atoms with Crippen molar-refractivity contribution in [2.24, 2.45) is 5.92 Å². The van der Waals surface area contributed by atoms with Gasteiger partial charge in [0, 0.05) is 17.0 Å². The molecule has 0 bridgehead atoms. The molecular formula is C29H26NNaO4. The minimum atomic E-state index is -1.23. The van der Waals surface area contributed by atoms with Crippen LogP contribution in [0.15, 0.2) is 89.3 Å². The Kier molecular flexibility index (Phi) is 8.45. The van der Waals surface area contributed by atoms with Crippen molar-refractivity contribution in [1.29, 1.82) is 0 Å². The van der Waals surface area contributed by atoms with Crippen molar-refractivity contribution in [1.82, 2.24) is 4.98 Å². The first-order valence-corrected chi connectivity index (χ1v) is 11.7. The maximum atomic E-state index is 10.7. The van der Waals surface area contributed by atoms with Gasteiger partial charge >= 0.3 is 29.6 Å². The van der Waals surface area contributed by atoms with Gasteiger partial charge in [-0.2, -0.15) is 0 Å². The Morgan fingerprint density at radius 1 is 0.943 bits per heavy atom. The average molecular weight is 476 g/mol. The monoisotopic (exact) mass is 475 g/mol. The molecular weight excluding hydrogens is 449 g/mol. The van der Waals surface area contributed by atoms with Crippen molar-refractivity contribution in [2.45, 2.75) is 31.6 Å². The normalized spacial score (nSPS) is 17.0. The van der Waals surface area contributed by atoms with E-state index in [1.807, 2.05) is 48.5 Å². The van der Waals surface area contributed by atoms with Crippen molar-refractivity contribution in [3.05, 3.63) is 96.4 Å². The van der Waals surface area contributed by atoms with Crippen LogP contribution in [0.25, 0.3) is 22.6 Å². The summed E-state index contributed by atoms with van der Waals surface area (Å²) in [6, 6.07) is 28.0. The van der Waals surface area contributed by atoms with Crippen LogP contribution in [-0.4, -0.2) is 17.6 Å². The van der Waals surface area contributed by atoms with Crippen LogP contribution in [0.5, 0.6) is 5.75 Å². The molecule has 1 aliphatic rings. The zero-order valence-corrected chi connectivity index (χ0v) is 21.9. The molecule has 0 spiro atoms. The molecule has 5 nitrogen and oxygen atoms in total. The number of oxazole rings is 1. The van der Waals surface area contributed by atoms with Crippen molar-refractivity contribution in [3.63, 3.8) is 0 Å². The molecule has 1 saturated carbocycles. The van der Waals surface area contributed by atoms with Crippen LogP contribution in [0, 0.1) is 5.92 Å². The number of benzene rings is 3. The molecule has 6 heteroatoms. The Bertz CT molecular complexity index is 1200. The fourth-order valence-electron chi connectivity index (χ4n) is 4.89. The van der Waals surface area contributed by atoms with Gasteiger partial charge in [-0.1, -0.05) is 79.2 Å². The van der Waals surface area contributed by atoms with E-state index >= 15 is 0 Å². The Morgan fingerprint density at radius 3 is 2.37 bits per heavy atom. The average Bonchev–Trinajstić information content (AvgIpc) is 3.51. The van der Waals surface area contributed by atoms with Gasteiger partial charge in [0.25, 0.3) is 0 Å². The van der Waals surface area contributed by atoms with Crippen LogP contribution < -0.4 is 39.4 Å². The van der Waals surface area contributed by atoms with E-state index in [1.54, 1.807) is 6.07 Å². The third-order valence-corrected chi connectivity index (χ3v) is 6.46. The van der Waals surface area contributed by atoms with E-state index in [4.69, 9.17) is 14.1 Å². The number of aliphatic carboxylic acids is 1. The second-order valence-electron chi connectivity index (χ2n) is 8.77. The van der Waals surface area contributed by atoms with Gasteiger partial charge in [0.1, 0.15) is 18.1 Å². The van der Waals surface area contributed by atoms with E-state index in [9.17, 15) is 9.90 Å². The molecule has 0 radical (unpaired) electrons. The van der Waals surface area contributed by atoms with Gasteiger partial charge in [0.05, 0.1) is 5.97 Å². The summed E-state index contributed by atoms with van der Waals surface area (Å²) in [6.45, 7) is -0.448. The van der Waals surface area contributed by atoms with Crippen LogP contribution in [-0.2, 0) is 11.2 Å². The third kappa shape index (κ3) is 6.04. The zero-order valence-electron chi connectivity index (χ0n) is 19.9. The summed E-state index contributed by atoms with van der Waals surface area (Å²) in [4.78, 5) is 15.8. The van der Waals surface area contributed by atoms with Crippen LogP contribution in [0.1, 0.15) is 36.6 Å². The Hall–Kier alpha value is -2.86. The summed E-state index contributed by atoms with van der Waals surface area (Å²) in [5.41, 5.74) is 4.06. The molecule has 4 aromatic rings. The fraction of sp³-hybridized carbons (Fsp3) is 0.241. The summed E-state index contributed by atoms with van der Waals surface area (Å²) in [5, 5.41) is 10.7. The summed E-state index contributed by atoms with van der Waals surface area (Å²) >= 11 is 0. The molecule has 0 saturated heterocycles. The van der Waals surface area contributed by atoms with Crippen LogP contribution >= 0.6 is 0 Å². The molecule has 1 fully saturated rings. The third-order valence-electron chi connectivity index (χ3n) is 6.46. The second-order valence-corrected chi connectivity index (χ2v) is 8.77. The largest absolute Gasteiger partial charge is 1.00 e. The topological polar surface area (TPSA) is 75.4 Å². The van der Waals surface area contributed by atoms with Gasteiger partial charge in [0.2, 0.25) is 0 Å².